The molecule has 6 heteroatoms. The quantitative estimate of drug-likeness (QED) is 0.866. The molecule has 0 fully saturated rings. The molecule has 1 amide bonds. The van der Waals surface area contributed by atoms with Gasteiger partial charge in [-0.05, 0) is 29.7 Å². The third-order valence-electron chi connectivity index (χ3n) is 3.60. The molecule has 4 nitrogen and oxygen atoms in total. The van der Waals surface area contributed by atoms with Crippen LogP contribution < -0.4 is 5.73 Å². The Kier molecular flexibility index (Phi) is 10.2. The number of hydrogen-bond donors (Lipinski definition) is 1. The van der Waals surface area contributed by atoms with Crippen molar-refractivity contribution in [1.82, 2.24) is 9.88 Å². The number of halogens is 2. The van der Waals surface area contributed by atoms with Crippen LogP contribution in [0.1, 0.15) is 17.0 Å². The minimum Gasteiger partial charge on any atom is -0.345 e. The first-order valence-corrected chi connectivity index (χ1v) is 7.11. The second-order valence-electron chi connectivity index (χ2n) is 5.06. The lowest BCUT2D eigenvalue weighted by Crippen LogP contribution is -2.36. The van der Waals surface area contributed by atoms with Gasteiger partial charge < -0.3 is 10.6 Å². The lowest BCUT2D eigenvalue weighted by molar-refractivity contribution is -0.131. The number of benzene rings is 1. The summed E-state index contributed by atoms with van der Waals surface area (Å²) >= 11 is 0. The number of carbonyl (C=O) groups excluding carboxylic acids is 1. The highest BCUT2D eigenvalue weighted by Gasteiger charge is 2.22. The Morgan fingerprint density at radius 2 is 1.74 bits per heavy atom. The number of carbonyl (C=O) groups is 1. The minimum atomic E-state index is -0.270. The van der Waals surface area contributed by atoms with Crippen LogP contribution in [0, 0.1) is 0 Å². The number of nitrogens with zero attached hydrogens (tertiary/aromatic N) is 2. The molecule has 2 N–H and O–H groups in total. The van der Waals surface area contributed by atoms with Crippen LogP contribution >= 0.6 is 24.8 Å². The molecule has 0 saturated heterocycles. The number of likely N-dealkylation sites (N-methyl/N-ethyl adjacent to an activating group) is 1. The number of hydrogen-bond acceptors (Lipinski definition) is 3. The lowest BCUT2D eigenvalue weighted by atomic mass is 9.98. The summed E-state index contributed by atoms with van der Waals surface area (Å²) in [5, 5.41) is 0. The maximum absolute atomic E-state index is 12.5. The zero-order chi connectivity index (χ0) is 15.1. The van der Waals surface area contributed by atoms with Crippen LogP contribution in [0.3, 0.4) is 0 Å². The van der Waals surface area contributed by atoms with Crippen molar-refractivity contribution < 1.29 is 4.79 Å². The fourth-order valence-electron chi connectivity index (χ4n) is 2.29. The van der Waals surface area contributed by atoms with E-state index in [0.29, 0.717) is 13.1 Å². The monoisotopic (exact) mass is 355 g/mol. The molecule has 0 bridgehead atoms. The summed E-state index contributed by atoms with van der Waals surface area (Å²) in [7, 11) is 1.83. The summed E-state index contributed by atoms with van der Waals surface area (Å²) in [5.41, 5.74) is 7.94. The first-order valence-electron chi connectivity index (χ1n) is 7.11. The van der Waals surface area contributed by atoms with Gasteiger partial charge >= 0.3 is 0 Å². The summed E-state index contributed by atoms with van der Waals surface area (Å²) < 4.78 is 0. The molecule has 1 unspecified atom stereocenters. The van der Waals surface area contributed by atoms with Gasteiger partial charge in [0.25, 0.3) is 0 Å². The SMILES string of the molecule is CN(CCc1ccncc1)C(=O)C(CN)c1ccccc1.Cl.Cl. The molecule has 1 aromatic carbocycles. The largest absolute Gasteiger partial charge is 0.345 e. The van der Waals surface area contributed by atoms with E-state index in [2.05, 4.69) is 4.98 Å². The van der Waals surface area contributed by atoms with Gasteiger partial charge in [-0.1, -0.05) is 30.3 Å². The summed E-state index contributed by atoms with van der Waals surface area (Å²) in [6, 6.07) is 13.6. The fraction of sp³-hybridized carbons (Fsp3) is 0.294. The van der Waals surface area contributed by atoms with E-state index >= 15 is 0 Å². The molecule has 1 aromatic heterocycles. The summed E-state index contributed by atoms with van der Waals surface area (Å²) in [5.74, 6) is -0.202. The van der Waals surface area contributed by atoms with Crippen molar-refractivity contribution in [3.05, 3.63) is 66.0 Å². The van der Waals surface area contributed by atoms with E-state index < -0.39 is 0 Å². The van der Waals surface area contributed by atoms with Crippen molar-refractivity contribution >= 4 is 30.7 Å². The Balaban J connectivity index is 0.00000242. The van der Waals surface area contributed by atoms with E-state index in [9.17, 15) is 4.79 Å². The molecule has 0 aliphatic rings. The van der Waals surface area contributed by atoms with Crippen molar-refractivity contribution in [2.24, 2.45) is 5.73 Å². The van der Waals surface area contributed by atoms with Gasteiger partial charge in [-0.15, -0.1) is 24.8 Å². The van der Waals surface area contributed by atoms with Gasteiger partial charge in [-0.3, -0.25) is 9.78 Å². The Hall–Kier alpha value is -1.62. The van der Waals surface area contributed by atoms with E-state index in [1.165, 1.54) is 5.56 Å². The van der Waals surface area contributed by atoms with Crippen LogP contribution in [0.4, 0.5) is 0 Å². The summed E-state index contributed by atoms with van der Waals surface area (Å²) in [6.45, 7) is 0.995. The van der Waals surface area contributed by atoms with Crippen LogP contribution in [-0.2, 0) is 11.2 Å². The van der Waals surface area contributed by atoms with E-state index in [4.69, 9.17) is 5.73 Å². The third-order valence-corrected chi connectivity index (χ3v) is 3.60. The van der Waals surface area contributed by atoms with Crippen molar-refractivity contribution in [1.29, 1.82) is 0 Å². The number of rotatable bonds is 6. The number of nitrogens with two attached hydrogens (primary N) is 1. The minimum absolute atomic E-state index is 0. The zero-order valence-corrected chi connectivity index (χ0v) is 14.7. The first-order chi connectivity index (χ1) is 10.2. The Bertz CT molecular complexity index is 567. The molecule has 0 aliphatic carbocycles. The number of aromatic nitrogens is 1. The van der Waals surface area contributed by atoms with E-state index in [1.807, 2.05) is 49.5 Å². The highest BCUT2D eigenvalue weighted by molar-refractivity contribution is 5.85. The van der Waals surface area contributed by atoms with Crippen LogP contribution in [0.5, 0.6) is 0 Å². The van der Waals surface area contributed by atoms with Crippen molar-refractivity contribution in [3.63, 3.8) is 0 Å². The Labute approximate surface area is 149 Å². The molecular weight excluding hydrogens is 333 g/mol. The van der Waals surface area contributed by atoms with Crippen LogP contribution in [-0.4, -0.2) is 35.9 Å². The van der Waals surface area contributed by atoms with E-state index in [0.717, 1.165) is 12.0 Å². The van der Waals surface area contributed by atoms with Gasteiger partial charge in [-0.2, -0.15) is 0 Å². The third kappa shape index (κ3) is 6.18. The normalized spacial score (nSPS) is 10.9. The average Bonchev–Trinajstić information content (AvgIpc) is 2.55. The van der Waals surface area contributed by atoms with Crippen LogP contribution in [0.25, 0.3) is 0 Å². The highest BCUT2D eigenvalue weighted by Crippen LogP contribution is 2.16. The maximum Gasteiger partial charge on any atom is 0.231 e. The van der Waals surface area contributed by atoms with Gasteiger partial charge in [0.2, 0.25) is 5.91 Å². The molecule has 23 heavy (non-hydrogen) atoms. The van der Waals surface area contributed by atoms with Crippen LogP contribution in [0.2, 0.25) is 0 Å². The van der Waals surface area contributed by atoms with Crippen LogP contribution in [0.15, 0.2) is 54.9 Å². The topological polar surface area (TPSA) is 59.2 Å². The molecule has 0 spiro atoms. The standard InChI is InChI=1S/C17H21N3O.2ClH/c1-20(12-9-14-7-10-19-11-8-14)17(21)16(13-18)15-5-3-2-4-6-15;;/h2-8,10-11,16H,9,12-13,18H2,1H3;2*1H. The molecule has 0 aliphatic heterocycles. The zero-order valence-electron chi connectivity index (χ0n) is 13.1. The predicted molar refractivity (Wildman–Crippen MR) is 98.3 cm³/mol. The Morgan fingerprint density at radius 1 is 1.13 bits per heavy atom. The molecule has 2 aromatic rings. The second kappa shape index (κ2) is 11.0. The summed E-state index contributed by atoms with van der Waals surface area (Å²) in [4.78, 5) is 18.3. The smallest absolute Gasteiger partial charge is 0.231 e. The average molecular weight is 356 g/mol. The highest BCUT2D eigenvalue weighted by atomic mass is 35.5. The fourth-order valence-corrected chi connectivity index (χ4v) is 2.29. The van der Waals surface area contributed by atoms with Crippen molar-refractivity contribution in [2.75, 3.05) is 20.1 Å². The van der Waals surface area contributed by atoms with Gasteiger partial charge in [0.05, 0.1) is 5.92 Å². The predicted octanol–water partition coefficient (Wildman–Crippen LogP) is 2.67. The molecule has 2 rings (SSSR count). The number of pyridine rings is 1. The van der Waals surface area contributed by atoms with E-state index in [-0.39, 0.29) is 36.6 Å². The van der Waals surface area contributed by atoms with Gasteiger partial charge in [0.15, 0.2) is 0 Å². The Morgan fingerprint density at radius 3 is 2.30 bits per heavy atom. The van der Waals surface area contributed by atoms with Crippen molar-refractivity contribution in [3.8, 4) is 0 Å². The summed E-state index contributed by atoms with van der Waals surface area (Å²) in [6.07, 6.45) is 4.35. The molecule has 1 heterocycles. The lowest BCUT2D eigenvalue weighted by Gasteiger charge is -2.23. The molecule has 126 valence electrons. The van der Waals surface area contributed by atoms with Gasteiger partial charge in [0, 0.05) is 32.5 Å². The van der Waals surface area contributed by atoms with Crippen molar-refractivity contribution in [2.45, 2.75) is 12.3 Å². The second-order valence-corrected chi connectivity index (χ2v) is 5.06. The van der Waals surface area contributed by atoms with Gasteiger partial charge in [0.1, 0.15) is 0 Å². The molecule has 1 atom stereocenters. The molecule has 0 radical (unpaired) electrons. The van der Waals surface area contributed by atoms with Gasteiger partial charge in [-0.25, -0.2) is 0 Å². The maximum atomic E-state index is 12.5. The van der Waals surface area contributed by atoms with E-state index in [1.54, 1.807) is 17.3 Å². The number of amides is 1. The first kappa shape index (κ1) is 21.4. The molecule has 0 saturated carbocycles. The molecular formula is C17H23Cl2N3O.